The first-order valence-corrected chi connectivity index (χ1v) is 9.38. The molecule has 0 bridgehead atoms. The van der Waals surface area contributed by atoms with Gasteiger partial charge in [-0.25, -0.2) is 4.39 Å². The Bertz CT molecular complexity index is 827. The van der Waals surface area contributed by atoms with E-state index in [1.165, 1.54) is 18.2 Å². The van der Waals surface area contributed by atoms with Crippen LogP contribution in [0.25, 0.3) is 0 Å². The lowest BCUT2D eigenvalue weighted by atomic mass is 9.81. The van der Waals surface area contributed by atoms with Crippen molar-refractivity contribution in [2.75, 3.05) is 0 Å². The predicted octanol–water partition coefficient (Wildman–Crippen LogP) is 5.06. The van der Waals surface area contributed by atoms with E-state index >= 15 is 0 Å². The third-order valence-corrected chi connectivity index (χ3v) is 5.18. The number of phenolic OH excluding ortho intramolecular Hbond substituents is 1. The van der Waals surface area contributed by atoms with Crippen LogP contribution in [-0.2, 0) is 9.53 Å². The molecule has 0 aliphatic carbocycles. The van der Waals surface area contributed by atoms with Gasteiger partial charge in [0.15, 0.2) is 0 Å². The van der Waals surface area contributed by atoms with Crippen molar-refractivity contribution in [3.8, 4) is 5.75 Å². The maximum atomic E-state index is 13.3. The second kappa shape index (κ2) is 7.87. The molecule has 3 rings (SSSR count). The first-order chi connectivity index (χ1) is 12.8. The molecule has 3 atom stereocenters. The van der Waals surface area contributed by atoms with Crippen LogP contribution in [0.15, 0.2) is 42.5 Å². The van der Waals surface area contributed by atoms with Gasteiger partial charge in [-0.2, -0.15) is 0 Å². The van der Waals surface area contributed by atoms with E-state index in [1.807, 2.05) is 6.92 Å². The zero-order valence-electron chi connectivity index (χ0n) is 15.3. The van der Waals surface area contributed by atoms with Crippen LogP contribution in [0.1, 0.15) is 56.4 Å². The highest BCUT2D eigenvalue weighted by Crippen LogP contribution is 2.46. The number of rotatable bonds is 4. The molecule has 1 amide bonds. The lowest BCUT2D eigenvalue weighted by Crippen LogP contribution is -2.50. The molecule has 4 nitrogen and oxygen atoms in total. The van der Waals surface area contributed by atoms with Gasteiger partial charge in [0, 0.05) is 35.4 Å². The van der Waals surface area contributed by atoms with Crippen LogP contribution in [0.4, 0.5) is 4.39 Å². The Hall–Kier alpha value is -2.11. The van der Waals surface area contributed by atoms with Crippen LogP contribution in [-0.4, -0.2) is 16.6 Å². The highest BCUT2D eigenvalue weighted by molar-refractivity contribution is 6.30. The molecule has 1 aliphatic heterocycles. The van der Waals surface area contributed by atoms with Gasteiger partial charge in [-0.15, -0.1) is 0 Å². The van der Waals surface area contributed by atoms with Crippen molar-refractivity contribution in [1.82, 2.24) is 5.32 Å². The summed E-state index contributed by atoms with van der Waals surface area (Å²) in [6.45, 7) is 3.77. The van der Waals surface area contributed by atoms with E-state index < -0.39 is 11.6 Å². The monoisotopic (exact) mass is 391 g/mol. The third kappa shape index (κ3) is 4.60. The molecule has 27 heavy (non-hydrogen) atoms. The predicted molar refractivity (Wildman–Crippen MR) is 102 cm³/mol. The van der Waals surface area contributed by atoms with Gasteiger partial charge in [-0.05, 0) is 42.8 Å². The minimum Gasteiger partial charge on any atom is -0.508 e. The largest absolute Gasteiger partial charge is 0.508 e. The molecule has 1 saturated heterocycles. The van der Waals surface area contributed by atoms with Crippen molar-refractivity contribution >= 4 is 17.5 Å². The fraction of sp³-hybridized carbons (Fsp3) is 0.381. The zero-order chi connectivity index (χ0) is 19.6. The number of carbonyl (C=O) groups is 1. The molecule has 1 heterocycles. The topological polar surface area (TPSA) is 58.6 Å². The van der Waals surface area contributed by atoms with Crippen LogP contribution < -0.4 is 5.32 Å². The molecular formula is C21H23ClFNO3. The maximum Gasteiger partial charge on any atom is 0.220 e. The van der Waals surface area contributed by atoms with E-state index in [0.717, 1.165) is 5.56 Å². The molecule has 0 spiro atoms. The lowest BCUT2D eigenvalue weighted by molar-refractivity contribution is -0.128. The number of halogens is 2. The summed E-state index contributed by atoms with van der Waals surface area (Å²) in [5.41, 5.74) is 0.856. The van der Waals surface area contributed by atoms with Gasteiger partial charge in [0.2, 0.25) is 5.91 Å². The summed E-state index contributed by atoms with van der Waals surface area (Å²) in [7, 11) is 0. The molecule has 0 unspecified atom stereocenters. The van der Waals surface area contributed by atoms with E-state index in [9.17, 15) is 14.3 Å². The molecule has 2 aromatic rings. The molecule has 144 valence electrons. The number of hydrogen-bond donors (Lipinski definition) is 2. The maximum absolute atomic E-state index is 13.3. The molecule has 2 N–H and O–H groups in total. The Labute approximate surface area is 163 Å². The third-order valence-electron chi connectivity index (χ3n) is 4.94. The second-order valence-electron chi connectivity index (χ2n) is 7.24. The van der Waals surface area contributed by atoms with Gasteiger partial charge < -0.3 is 15.2 Å². The number of benzene rings is 2. The normalized spacial score (nSPS) is 25.2. The van der Waals surface area contributed by atoms with Gasteiger partial charge >= 0.3 is 0 Å². The van der Waals surface area contributed by atoms with Crippen molar-refractivity contribution in [2.45, 2.75) is 50.9 Å². The summed E-state index contributed by atoms with van der Waals surface area (Å²) in [4.78, 5) is 12.1. The standard InChI is InChI=1S/C21H23ClFNO3/c1-3-20(26)24-21(2)11-18(13-4-7-15(23)8-5-13)27-19(12-21)16-10-14(22)6-9-17(16)25/h4-10,18-19,25H,3,11-12H2,1-2H3,(H,24,26)/t18-,19+,21-/m0/s1. The molecule has 0 aromatic heterocycles. The van der Waals surface area contributed by atoms with Gasteiger partial charge in [0.1, 0.15) is 11.6 Å². The van der Waals surface area contributed by atoms with Gasteiger partial charge in [0.05, 0.1) is 12.2 Å². The number of aromatic hydroxyl groups is 1. The Kier molecular flexibility index (Phi) is 5.72. The van der Waals surface area contributed by atoms with Crippen molar-refractivity contribution < 1.29 is 19.0 Å². The number of nitrogens with one attached hydrogen (secondary N) is 1. The minimum atomic E-state index is -0.538. The number of amides is 1. The van der Waals surface area contributed by atoms with Crippen LogP contribution >= 0.6 is 11.6 Å². The molecule has 1 fully saturated rings. The van der Waals surface area contributed by atoms with E-state index in [4.69, 9.17) is 16.3 Å². The summed E-state index contributed by atoms with van der Waals surface area (Å²) in [5, 5.41) is 13.9. The van der Waals surface area contributed by atoms with E-state index in [-0.39, 0.29) is 23.6 Å². The van der Waals surface area contributed by atoms with Crippen molar-refractivity contribution in [2.24, 2.45) is 0 Å². The smallest absolute Gasteiger partial charge is 0.220 e. The minimum absolute atomic E-state index is 0.0497. The number of ether oxygens (including phenoxy) is 1. The van der Waals surface area contributed by atoms with Crippen molar-refractivity contribution in [3.05, 3.63) is 64.4 Å². The van der Waals surface area contributed by atoms with E-state index in [2.05, 4.69) is 5.32 Å². The Morgan fingerprint density at radius 2 is 1.93 bits per heavy atom. The summed E-state index contributed by atoms with van der Waals surface area (Å²) in [5.74, 6) is -0.278. The van der Waals surface area contributed by atoms with Crippen LogP contribution in [0.2, 0.25) is 5.02 Å². The molecule has 2 aromatic carbocycles. The van der Waals surface area contributed by atoms with Crippen molar-refractivity contribution in [3.63, 3.8) is 0 Å². The second-order valence-corrected chi connectivity index (χ2v) is 7.68. The summed E-state index contributed by atoms with van der Waals surface area (Å²) in [6.07, 6.45) is 0.594. The van der Waals surface area contributed by atoms with Crippen LogP contribution in [0.5, 0.6) is 5.75 Å². The van der Waals surface area contributed by atoms with Gasteiger partial charge in [-0.3, -0.25) is 4.79 Å². The first-order valence-electron chi connectivity index (χ1n) is 9.00. The molecule has 0 radical (unpaired) electrons. The number of carbonyl (C=O) groups excluding carboxylic acids is 1. The quantitative estimate of drug-likeness (QED) is 0.765. The fourth-order valence-electron chi connectivity index (χ4n) is 3.56. The molecule has 6 heteroatoms. The van der Waals surface area contributed by atoms with Crippen molar-refractivity contribution in [1.29, 1.82) is 0 Å². The first kappa shape index (κ1) is 19.6. The molecular weight excluding hydrogens is 369 g/mol. The average molecular weight is 392 g/mol. The molecule has 1 aliphatic rings. The van der Waals surface area contributed by atoms with Crippen LogP contribution in [0, 0.1) is 5.82 Å². The fourth-order valence-corrected chi connectivity index (χ4v) is 3.74. The number of hydrogen-bond acceptors (Lipinski definition) is 3. The Morgan fingerprint density at radius 3 is 2.59 bits per heavy atom. The highest BCUT2D eigenvalue weighted by Gasteiger charge is 2.40. The average Bonchev–Trinajstić information content (AvgIpc) is 2.63. The Balaban J connectivity index is 1.96. The number of phenols is 1. The van der Waals surface area contributed by atoms with Gasteiger partial charge in [-0.1, -0.05) is 30.7 Å². The SMILES string of the molecule is CCC(=O)N[C@@]1(C)C[C@@H](c2ccc(F)cc2)O[C@@H](c2cc(Cl)ccc2O)C1. The van der Waals surface area contributed by atoms with E-state index in [0.29, 0.717) is 29.8 Å². The lowest BCUT2D eigenvalue weighted by Gasteiger charge is -2.43. The summed E-state index contributed by atoms with van der Waals surface area (Å²) in [6, 6.07) is 11.0. The van der Waals surface area contributed by atoms with Gasteiger partial charge in [0.25, 0.3) is 0 Å². The van der Waals surface area contributed by atoms with E-state index in [1.54, 1.807) is 31.2 Å². The van der Waals surface area contributed by atoms with Crippen LogP contribution in [0.3, 0.4) is 0 Å². The Morgan fingerprint density at radius 1 is 1.26 bits per heavy atom. The molecule has 0 saturated carbocycles. The highest BCUT2D eigenvalue weighted by atomic mass is 35.5. The summed E-state index contributed by atoms with van der Waals surface area (Å²) < 4.78 is 19.6. The zero-order valence-corrected chi connectivity index (χ0v) is 16.1. The summed E-state index contributed by atoms with van der Waals surface area (Å²) >= 11 is 6.11.